The van der Waals surface area contributed by atoms with Gasteiger partial charge in [0.2, 0.25) is 0 Å². The molecule has 2 atom stereocenters. The van der Waals surface area contributed by atoms with E-state index < -0.39 is 0 Å². The molecule has 1 aromatic heterocycles. The maximum atomic E-state index is 13.5. The molecule has 3 aromatic rings. The van der Waals surface area contributed by atoms with Crippen LogP contribution in [0.1, 0.15) is 73.7 Å². The van der Waals surface area contributed by atoms with Crippen molar-refractivity contribution < 1.29 is 9.53 Å². The topological polar surface area (TPSA) is 43.3 Å². The van der Waals surface area contributed by atoms with E-state index in [0.717, 1.165) is 42.5 Å². The number of rotatable bonds is 5. The summed E-state index contributed by atoms with van der Waals surface area (Å²) in [5, 5.41) is 5.21. The van der Waals surface area contributed by atoms with Gasteiger partial charge in [0.05, 0.1) is 22.2 Å². The zero-order chi connectivity index (χ0) is 22.1. The van der Waals surface area contributed by atoms with Gasteiger partial charge in [-0.15, -0.1) is 0 Å². The van der Waals surface area contributed by atoms with E-state index in [9.17, 15) is 4.79 Å². The molecule has 0 bridgehead atoms. The van der Waals surface area contributed by atoms with Crippen LogP contribution >= 0.6 is 11.6 Å². The maximum absolute atomic E-state index is 13.5. The number of carbonyl (C=O) groups excluding carboxylic acids is 1. The molecule has 4 nitrogen and oxygen atoms in total. The van der Waals surface area contributed by atoms with Crippen LogP contribution in [0.2, 0.25) is 5.02 Å². The fraction of sp³-hybridized carbons (Fsp3) is 0.444. The molecule has 1 aliphatic carbocycles. The normalized spacial score (nSPS) is 20.5. The predicted octanol–water partition coefficient (Wildman–Crippen LogP) is 6.55. The van der Waals surface area contributed by atoms with E-state index in [2.05, 4.69) is 18.3 Å². The minimum Gasteiger partial charge on any atom is -0.490 e. The third kappa shape index (κ3) is 4.18. The molecule has 1 N–H and O–H groups in total. The van der Waals surface area contributed by atoms with Crippen LogP contribution < -0.4 is 10.1 Å². The molecule has 5 heteroatoms. The molecular formula is C27H31ClN2O2. The number of hydrogen-bond acceptors (Lipinski definition) is 3. The van der Waals surface area contributed by atoms with E-state index in [1.54, 1.807) is 16.7 Å². The molecule has 2 heterocycles. The Labute approximate surface area is 194 Å². The summed E-state index contributed by atoms with van der Waals surface area (Å²) in [5.41, 5.74) is 2.62. The zero-order valence-electron chi connectivity index (χ0n) is 18.6. The lowest BCUT2D eigenvalue weighted by Gasteiger charge is -2.23. The van der Waals surface area contributed by atoms with Crippen molar-refractivity contribution in [2.24, 2.45) is 0 Å². The average molecular weight is 451 g/mol. The second-order valence-corrected chi connectivity index (χ2v) is 9.69. The number of benzene rings is 2. The van der Waals surface area contributed by atoms with E-state index in [0.29, 0.717) is 28.6 Å². The first-order valence-corrected chi connectivity index (χ1v) is 12.3. The molecule has 32 heavy (non-hydrogen) atoms. The van der Waals surface area contributed by atoms with E-state index in [4.69, 9.17) is 16.3 Å². The van der Waals surface area contributed by atoms with Crippen LogP contribution in [0.5, 0.6) is 5.75 Å². The highest BCUT2D eigenvalue weighted by Gasteiger charge is 2.27. The van der Waals surface area contributed by atoms with Gasteiger partial charge in [-0.3, -0.25) is 9.36 Å². The smallest absolute Gasteiger partial charge is 0.263 e. The summed E-state index contributed by atoms with van der Waals surface area (Å²) >= 11 is 6.36. The molecule has 0 spiro atoms. The Kier molecular flexibility index (Phi) is 6.25. The lowest BCUT2D eigenvalue weighted by atomic mass is 9.92. The van der Waals surface area contributed by atoms with Crippen molar-refractivity contribution in [1.29, 1.82) is 0 Å². The van der Waals surface area contributed by atoms with Crippen LogP contribution in [-0.2, 0) is 0 Å². The molecule has 2 aliphatic rings. The van der Waals surface area contributed by atoms with E-state index in [1.165, 1.54) is 31.2 Å². The fourth-order valence-corrected chi connectivity index (χ4v) is 5.55. The maximum Gasteiger partial charge on any atom is 0.263 e. The number of fused-ring (bicyclic) bond motifs is 1. The van der Waals surface area contributed by atoms with Gasteiger partial charge >= 0.3 is 0 Å². The quantitative estimate of drug-likeness (QED) is 0.479. The Balaban J connectivity index is 1.56. The van der Waals surface area contributed by atoms with Crippen molar-refractivity contribution in [3.63, 3.8) is 0 Å². The standard InChI is InChI=1S/C27H31ClN2O2/c1-18(25-12-7-15-29-25)23-17-30(27(31)21-10-5-6-11-24(21)28)26-14-13-20(16-22(23)26)32-19-8-3-2-4-9-19/h5-6,10-11,13-14,16-19,25,29H,2-4,7-9,12,15H2,1H3. The van der Waals surface area contributed by atoms with E-state index in [1.807, 2.05) is 30.5 Å². The van der Waals surface area contributed by atoms with Gasteiger partial charge in [0.25, 0.3) is 5.91 Å². The lowest BCUT2D eigenvalue weighted by molar-refractivity contribution is 0.0965. The molecule has 2 fully saturated rings. The minimum absolute atomic E-state index is 0.0978. The molecule has 1 saturated heterocycles. The molecule has 0 amide bonds. The van der Waals surface area contributed by atoms with Crippen molar-refractivity contribution in [3.05, 3.63) is 64.8 Å². The molecule has 5 rings (SSSR count). The van der Waals surface area contributed by atoms with Crippen molar-refractivity contribution in [2.45, 2.75) is 69.9 Å². The molecule has 168 valence electrons. The largest absolute Gasteiger partial charge is 0.490 e. The third-order valence-corrected chi connectivity index (χ3v) is 7.51. The summed E-state index contributed by atoms with van der Waals surface area (Å²) < 4.78 is 8.13. The first-order valence-electron chi connectivity index (χ1n) is 12.0. The molecule has 0 radical (unpaired) electrons. The van der Waals surface area contributed by atoms with Gasteiger partial charge in [0.15, 0.2) is 0 Å². The van der Waals surface area contributed by atoms with Crippen LogP contribution in [0.3, 0.4) is 0 Å². The minimum atomic E-state index is -0.0978. The summed E-state index contributed by atoms with van der Waals surface area (Å²) in [6.07, 6.45) is 10.7. The number of aromatic nitrogens is 1. The van der Waals surface area contributed by atoms with Gasteiger partial charge in [0.1, 0.15) is 5.75 Å². The Morgan fingerprint density at radius 2 is 1.91 bits per heavy atom. The average Bonchev–Trinajstić information content (AvgIpc) is 3.48. The van der Waals surface area contributed by atoms with Gasteiger partial charge < -0.3 is 10.1 Å². The number of ether oxygens (including phenoxy) is 1. The molecular weight excluding hydrogens is 420 g/mol. The second-order valence-electron chi connectivity index (χ2n) is 9.29. The first kappa shape index (κ1) is 21.5. The van der Waals surface area contributed by atoms with Crippen LogP contribution in [0.25, 0.3) is 10.9 Å². The van der Waals surface area contributed by atoms with E-state index >= 15 is 0 Å². The number of hydrogen-bond donors (Lipinski definition) is 1. The lowest BCUT2D eigenvalue weighted by Crippen LogP contribution is -2.27. The first-order chi connectivity index (χ1) is 15.6. The fourth-order valence-electron chi connectivity index (χ4n) is 5.33. The van der Waals surface area contributed by atoms with Crippen LogP contribution in [-0.4, -0.2) is 29.2 Å². The number of halogens is 1. The van der Waals surface area contributed by atoms with Gasteiger partial charge in [-0.05, 0) is 86.9 Å². The molecule has 1 aliphatic heterocycles. The third-order valence-electron chi connectivity index (χ3n) is 7.18. The van der Waals surface area contributed by atoms with Gasteiger partial charge in [-0.1, -0.05) is 37.1 Å². The van der Waals surface area contributed by atoms with Gasteiger partial charge in [-0.2, -0.15) is 0 Å². The molecule has 1 saturated carbocycles. The zero-order valence-corrected chi connectivity index (χ0v) is 19.4. The Bertz CT molecular complexity index is 1110. The molecule has 2 aromatic carbocycles. The monoisotopic (exact) mass is 450 g/mol. The highest BCUT2D eigenvalue weighted by atomic mass is 35.5. The van der Waals surface area contributed by atoms with Crippen LogP contribution in [0, 0.1) is 0 Å². The SMILES string of the molecule is CC(c1cn(C(=O)c2ccccc2Cl)c2ccc(OC3CCCCC3)cc12)C1CCCN1. The van der Waals surface area contributed by atoms with Crippen molar-refractivity contribution in [3.8, 4) is 5.75 Å². The summed E-state index contributed by atoms with van der Waals surface area (Å²) in [6, 6.07) is 13.9. The number of nitrogens with one attached hydrogen (secondary N) is 1. The van der Waals surface area contributed by atoms with Gasteiger partial charge in [0, 0.05) is 17.6 Å². The van der Waals surface area contributed by atoms with E-state index in [-0.39, 0.29) is 5.91 Å². The van der Waals surface area contributed by atoms with Gasteiger partial charge in [-0.25, -0.2) is 0 Å². The van der Waals surface area contributed by atoms with Crippen molar-refractivity contribution in [1.82, 2.24) is 9.88 Å². The summed E-state index contributed by atoms with van der Waals surface area (Å²) in [4.78, 5) is 13.5. The van der Waals surface area contributed by atoms with Crippen molar-refractivity contribution >= 4 is 28.4 Å². The predicted molar refractivity (Wildman–Crippen MR) is 130 cm³/mol. The van der Waals surface area contributed by atoms with Crippen LogP contribution in [0.4, 0.5) is 0 Å². The Morgan fingerprint density at radius 3 is 2.66 bits per heavy atom. The Hall–Kier alpha value is -2.30. The van der Waals surface area contributed by atoms with Crippen molar-refractivity contribution in [2.75, 3.05) is 6.54 Å². The summed E-state index contributed by atoms with van der Waals surface area (Å²) in [7, 11) is 0. The highest BCUT2D eigenvalue weighted by molar-refractivity contribution is 6.34. The summed E-state index contributed by atoms with van der Waals surface area (Å²) in [5.74, 6) is 1.10. The number of carbonyl (C=O) groups is 1. The summed E-state index contributed by atoms with van der Waals surface area (Å²) in [6.45, 7) is 3.32. The Morgan fingerprint density at radius 1 is 1.09 bits per heavy atom. The number of nitrogens with zero attached hydrogens (tertiary/aromatic N) is 1. The highest BCUT2D eigenvalue weighted by Crippen LogP contribution is 2.36. The second kappa shape index (κ2) is 9.29. The van der Waals surface area contributed by atoms with Crippen LogP contribution in [0.15, 0.2) is 48.7 Å². The molecule has 2 unspecified atom stereocenters.